The molecule has 0 fully saturated rings. The molecule has 0 N–H and O–H groups in total. The van der Waals surface area contributed by atoms with Crippen molar-refractivity contribution in [3.8, 4) is 0 Å². The molecule has 0 aliphatic rings. The summed E-state index contributed by atoms with van der Waals surface area (Å²) >= 11 is 0. The van der Waals surface area contributed by atoms with Gasteiger partial charge in [0.15, 0.2) is 5.89 Å². The zero-order chi connectivity index (χ0) is 7.56. The first kappa shape index (κ1) is 10.3. The van der Waals surface area contributed by atoms with Crippen molar-refractivity contribution in [2.45, 2.75) is 13.3 Å². The fourth-order valence-electron chi connectivity index (χ4n) is 0.607. The Hall–Kier alpha value is -0.723. The molecule has 0 aromatic carbocycles. The van der Waals surface area contributed by atoms with Gasteiger partial charge in [0.25, 0.3) is 0 Å². The number of carbonyl (C=O) groups excluding carboxylic acids is 1. The van der Waals surface area contributed by atoms with E-state index in [1.54, 1.807) is 6.92 Å². The normalized spacial score (nSPS) is 8.82. The fourth-order valence-corrected chi connectivity index (χ4v) is 0.607. The Morgan fingerprint density at radius 1 is 1.82 bits per heavy atom. The van der Waals surface area contributed by atoms with Gasteiger partial charge >= 0.3 is 18.9 Å². The van der Waals surface area contributed by atoms with Gasteiger partial charge in [0.05, 0.1) is 18.6 Å². The molecule has 0 saturated carbocycles. The van der Waals surface area contributed by atoms with Gasteiger partial charge in [-0.25, -0.2) is 4.98 Å². The van der Waals surface area contributed by atoms with Gasteiger partial charge in [-0.2, -0.15) is 0 Å². The number of hydrogen-bond donors (Lipinski definition) is 0. The molecule has 0 unspecified atom stereocenters. The molecule has 0 saturated heterocycles. The van der Waals surface area contributed by atoms with Crippen LogP contribution in [0.4, 0.5) is 0 Å². The summed E-state index contributed by atoms with van der Waals surface area (Å²) in [6.07, 6.45) is 1.21. The molecular weight excluding hydrogens is 141 g/mol. The van der Waals surface area contributed by atoms with Crippen molar-refractivity contribution in [2.75, 3.05) is 0 Å². The van der Waals surface area contributed by atoms with Gasteiger partial charge in [0, 0.05) is 0 Å². The average molecular weight is 147 g/mol. The standard InChI is InChI=1S/C6H7NO3.Li/c1-4-3-7-5(10-4)2-6(8)9;/h3H,2H2,1H3,(H,8,9);/q;+1/p-1. The molecule has 5 heteroatoms. The Balaban J connectivity index is 0.000001000. The molecule has 0 radical (unpaired) electrons. The second-order valence-electron chi connectivity index (χ2n) is 1.91. The number of aromatic nitrogens is 1. The summed E-state index contributed by atoms with van der Waals surface area (Å²) in [5.74, 6) is -0.379. The van der Waals surface area contributed by atoms with Crippen LogP contribution in [0.25, 0.3) is 0 Å². The van der Waals surface area contributed by atoms with Crippen LogP contribution in [0.3, 0.4) is 0 Å². The Morgan fingerprint density at radius 3 is 2.82 bits per heavy atom. The number of nitrogens with zero attached hydrogens (tertiary/aromatic N) is 1. The first-order valence-electron chi connectivity index (χ1n) is 2.79. The summed E-state index contributed by atoms with van der Waals surface area (Å²) in [5, 5.41) is 9.97. The largest absolute Gasteiger partial charge is 1.00 e. The smallest absolute Gasteiger partial charge is 0.550 e. The van der Waals surface area contributed by atoms with Gasteiger partial charge in [0.1, 0.15) is 5.76 Å². The SMILES string of the molecule is Cc1cnc(CC(=O)[O-])o1.[Li+]. The molecule has 1 heterocycles. The van der Waals surface area contributed by atoms with Gasteiger partial charge < -0.3 is 14.3 Å². The van der Waals surface area contributed by atoms with Crippen molar-refractivity contribution in [1.29, 1.82) is 0 Å². The molecule has 11 heavy (non-hydrogen) atoms. The number of aliphatic carboxylic acids is 1. The maximum absolute atomic E-state index is 9.97. The van der Waals surface area contributed by atoms with Crippen LogP contribution in [0.5, 0.6) is 0 Å². The van der Waals surface area contributed by atoms with Crippen LogP contribution in [0.2, 0.25) is 0 Å². The van der Waals surface area contributed by atoms with Crippen LogP contribution in [0.1, 0.15) is 11.7 Å². The zero-order valence-corrected chi connectivity index (χ0v) is 6.46. The predicted octanol–water partition coefficient (Wildman–Crippen LogP) is -3.72. The first-order valence-corrected chi connectivity index (χ1v) is 2.79. The minimum atomic E-state index is -1.18. The van der Waals surface area contributed by atoms with Crippen molar-refractivity contribution in [3.05, 3.63) is 17.8 Å². The maximum atomic E-state index is 9.97. The van der Waals surface area contributed by atoms with E-state index < -0.39 is 5.97 Å². The van der Waals surface area contributed by atoms with E-state index in [1.165, 1.54) is 6.20 Å². The van der Waals surface area contributed by atoms with Crippen LogP contribution in [-0.4, -0.2) is 11.0 Å². The summed E-state index contributed by atoms with van der Waals surface area (Å²) in [4.78, 5) is 13.6. The Bertz CT molecular complexity index is 246. The first-order chi connectivity index (χ1) is 4.68. The van der Waals surface area contributed by atoms with E-state index in [9.17, 15) is 9.90 Å². The van der Waals surface area contributed by atoms with Gasteiger partial charge in [-0.05, 0) is 6.92 Å². The van der Waals surface area contributed by atoms with Gasteiger partial charge in [-0.15, -0.1) is 0 Å². The van der Waals surface area contributed by atoms with E-state index in [1.807, 2.05) is 0 Å². The van der Waals surface area contributed by atoms with E-state index >= 15 is 0 Å². The molecule has 0 bridgehead atoms. The third kappa shape index (κ3) is 3.26. The van der Waals surface area contributed by atoms with Crippen molar-refractivity contribution in [3.63, 3.8) is 0 Å². The molecule has 0 aliphatic carbocycles. The predicted molar refractivity (Wildman–Crippen MR) is 30.0 cm³/mol. The number of carboxylic acids is 1. The second-order valence-corrected chi connectivity index (χ2v) is 1.91. The molecule has 0 amide bonds. The number of carboxylic acid groups (broad SMARTS) is 1. The number of hydrogen-bond acceptors (Lipinski definition) is 4. The van der Waals surface area contributed by atoms with Crippen LogP contribution in [0.15, 0.2) is 10.6 Å². The van der Waals surface area contributed by atoms with E-state index in [0.29, 0.717) is 5.76 Å². The number of aryl methyl sites for hydroxylation is 1. The molecule has 1 aromatic rings. The summed E-state index contributed by atoms with van der Waals surface area (Å²) in [5.41, 5.74) is 0. The Labute approximate surface area is 75.8 Å². The summed E-state index contributed by atoms with van der Waals surface area (Å²) in [7, 11) is 0. The average Bonchev–Trinajstić information content (AvgIpc) is 2.13. The molecule has 0 spiro atoms. The molecule has 54 valence electrons. The molecule has 1 aromatic heterocycles. The Morgan fingerprint density at radius 2 is 2.45 bits per heavy atom. The van der Waals surface area contributed by atoms with Crippen LogP contribution in [0, 0.1) is 6.92 Å². The Kier molecular flexibility index (Phi) is 3.94. The molecule has 0 aliphatic heterocycles. The summed E-state index contributed by atoms with van der Waals surface area (Å²) in [6, 6.07) is 0. The molecular formula is C6H6LiNO3. The third-order valence-corrected chi connectivity index (χ3v) is 0.965. The van der Waals surface area contributed by atoms with Crippen LogP contribution >= 0.6 is 0 Å². The fraction of sp³-hybridized carbons (Fsp3) is 0.333. The van der Waals surface area contributed by atoms with Gasteiger partial charge in [-0.1, -0.05) is 0 Å². The minimum Gasteiger partial charge on any atom is -0.550 e. The summed E-state index contributed by atoms with van der Waals surface area (Å²) < 4.78 is 4.86. The van der Waals surface area contributed by atoms with Crippen LogP contribution in [-0.2, 0) is 11.2 Å². The second kappa shape index (κ2) is 4.22. The van der Waals surface area contributed by atoms with Gasteiger partial charge in [0.2, 0.25) is 0 Å². The number of oxazole rings is 1. The van der Waals surface area contributed by atoms with Crippen molar-refractivity contribution in [1.82, 2.24) is 4.98 Å². The minimum absolute atomic E-state index is 0. The number of rotatable bonds is 2. The molecule has 4 nitrogen and oxygen atoms in total. The van der Waals surface area contributed by atoms with E-state index in [4.69, 9.17) is 4.42 Å². The monoisotopic (exact) mass is 147 g/mol. The quantitative estimate of drug-likeness (QED) is 0.403. The van der Waals surface area contributed by atoms with Crippen molar-refractivity contribution in [2.24, 2.45) is 0 Å². The topological polar surface area (TPSA) is 66.2 Å². The molecule has 0 atom stereocenters. The maximum Gasteiger partial charge on any atom is 1.00 e. The van der Waals surface area contributed by atoms with E-state index in [0.717, 1.165) is 0 Å². The van der Waals surface area contributed by atoms with Crippen LogP contribution < -0.4 is 24.0 Å². The van der Waals surface area contributed by atoms with Crippen molar-refractivity contribution < 1.29 is 33.2 Å². The summed E-state index contributed by atoms with van der Waals surface area (Å²) in [6.45, 7) is 1.70. The van der Waals surface area contributed by atoms with E-state index in [2.05, 4.69) is 4.98 Å². The van der Waals surface area contributed by atoms with Crippen molar-refractivity contribution >= 4 is 5.97 Å². The third-order valence-electron chi connectivity index (χ3n) is 0.965. The number of carbonyl (C=O) groups is 1. The van der Waals surface area contributed by atoms with E-state index in [-0.39, 0.29) is 31.2 Å². The zero-order valence-electron chi connectivity index (χ0n) is 6.46. The van der Waals surface area contributed by atoms with Gasteiger partial charge in [-0.3, -0.25) is 0 Å². The molecule has 1 rings (SSSR count).